The molecule has 0 saturated carbocycles. The van der Waals surface area contributed by atoms with Gasteiger partial charge in [0.25, 0.3) is 0 Å². The zero-order chi connectivity index (χ0) is 17.5. The molecule has 3 rings (SSSR count). The summed E-state index contributed by atoms with van der Waals surface area (Å²) in [5.41, 5.74) is 2.04. The number of allylic oxidation sites excluding steroid dienone is 1. The van der Waals surface area contributed by atoms with Gasteiger partial charge in [0, 0.05) is 11.8 Å². The SMILES string of the molecule is O=C(/C=C/c1ccc(OCc2ccccn2)cc1)c1cccc(F)c1. The molecule has 3 aromatic rings. The molecule has 0 N–H and O–H groups in total. The molecule has 3 nitrogen and oxygen atoms in total. The van der Waals surface area contributed by atoms with Gasteiger partial charge in [-0.25, -0.2) is 4.39 Å². The average Bonchev–Trinajstić information content (AvgIpc) is 2.66. The number of halogens is 1. The zero-order valence-electron chi connectivity index (χ0n) is 13.4. The lowest BCUT2D eigenvalue weighted by molar-refractivity contribution is 0.104. The maximum atomic E-state index is 13.1. The summed E-state index contributed by atoms with van der Waals surface area (Å²) >= 11 is 0. The Morgan fingerprint density at radius 3 is 2.60 bits per heavy atom. The molecule has 0 spiro atoms. The van der Waals surface area contributed by atoms with E-state index in [1.54, 1.807) is 18.3 Å². The molecular formula is C21H16FNO2. The van der Waals surface area contributed by atoms with Crippen molar-refractivity contribution in [2.45, 2.75) is 6.61 Å². The molecule has 0 amide bonds. The number of hydrogen-bond acceptors (Lipinski definition) is 3. The lowest BCUT2D eigenvalue weighted by Crippen LogP contribution is -1.97. The standard InChI is InChI=1S/C21H16FNO2/c22-18-5-3-4-17(14-18)21(24)12-9-16-7-10-20(11-8-16)25-15-19-6-1-2-13-23-19/h1-14H,15H2/b12-9+. The van der Waals surface area contributed by atoms with E-state index in [0.717, 1.165) is 17.0 Å². The lowest BCUT2D eigenvalue weighted by Gasteiger charge is -2.05. The van der Waals surface area contributed by atoms with Crippen LogP contribution < -0.4 is 4.74 Å². The van der Waals surface area contributed by atoms with Crippen LogP contribution in [0, 0.1) is 5.82 Å². The summed E-state index contributed by atoms with van der Waals surface area (Å²) in [5.74, 6) is 0.0582. The van der Waals surface area contributed by atoms with Crippen LogP contribution in [0.25, 0.3) is 6.08 Å². The van der Waals surface area contributed by atoms with Crippen molar-refractivity contribution in [2.24, 2.45) is 0 Å². The Bertz CT molecular complexity index is 874. The maximum absolute atomic E-state index is 13.1. The second kappa shape index (κ2) is 8.02. The first-order chi connectivity index (χ1) is 12.2. The number of benzene rings is 2. The molecule has 0 saturated heterocycles. The van der Waals surface area contributed by atoms with Gasteiger partial charge in [0.1, 0.15) is 18.2 Å². The number of carbonyl (C=O) groups is 1. The van der Waals surface area contributed by atoms with Crippen molar-refractivity contribution in [3.8, 4) is 5.75 Å². The van der Waals surface area contributed by atoms with Gasteiger partial charge >= 0.3 is 0 Å². The smallest absolute Gasteiger partial charge is 0.185 e. The van der Waals surface area contributed by atoms with E-state index < -0.39 is 5.82 Å². The van der Waals surface area contributed by atoms with Gasteiger partial charge < -0.3 is 4.74 Å². The molecule has 0 aliphatic heterocycles. The molecule has 0 radical (unpaired) electrons. The summed E-state index contributed by atoms with van der Waals surface area (Å²) in [6.07, 6.45) is 4.84. The topological polar surface area (TPSA) is 39.2 Å². The molecule has 124 valence electrons. The highest BCUT2D eigenvalue weighted by Gasteiger charge is 2.02. The molecule has 25 heavy (non-hydrogen) atoms. The van der Waals surface area contributed by atoms with Gasteiger partial charge in [-0.15, -0.1) is 0 Å². The van der Waals surface area contributed by atoms with Gasteiger partial charge in [0.2, 0.25) is 0 Å². The Balaban J connectivity index is 1.59. The number of ketones is 1. The first-order valence-corrected chi connectivity index (χ1v) is 7.81. The number of aromatic nitrogens is 1. The van der Waals surface area contributed by atoms with Crippen LogP contribution in [0.5, 0.6) is 5.75 Å². The average molecular weight is 333 g/mol. The minimum absolute atomic E-state index is 0.241. The molecule has 2 aromatic carbocycles. The predicted molar refractivity (Wildman–Crippen MR) is 94.8 cm³/mol. The third-order valence-electron chi connectivity index (χ3n) is 3.53. The molecule has 0 aliphatic carbocycles. The second-order valence-corrected chi connectivity index (χ2v) is 5.39. The number of hydrogen-bond donors (Lipinski definition) is 0. The molecule has 0 unspecified atom stereocenters. The van der Waals surface area contributed by atoms with E-state index in [1.807, 2.05) is 42.5 Å². The van der Waals surface area contributed by atoms with Crippen LogP contribution in [-0.2, 0) is 6.61 Å². The Kier molecular flexibility index (Phi) is 5.32. The van der Waals surface area contributed by atoms with Crippen LogP contribution in [0.3, 0.4) is 0 Å². The van der Waals surface area contributed by atoms with Crippen molar-refractivity contribution in [3.05, 3.63) is 102 Å². The van der Waals surface area contributed by atoms with Gasteiger partial charge in [-0.3, -0.25) is 9.78 Å². The predicted octanol–water partition coefficient (Wildman–Crippen LogP) is 4.70. The van der Waals surface area contributed by atoms with Gasteiger partial charge in [-0.1, -0.05) is 36.4 Å². The highest BCUT2D eigenvalue weighted by Crippen LogP contribution is 2.15. The fourth-order valence-electron chi connectivity index (χ4n) is 2.23. The molecule has 0 bridgehead atoms. The third kappa shape index (κ3) is 4.85. The van der Waals surface area contributed by atoms with Crippen LogP contribution in [0.1, 0.15) is 21.6 Å². The van der Waals surface area contributed by atoms with Crippen LogP contribution in [0.4, 0.5) is 4.39 Å². The Morgan fingerprint density at radius 1 is 1.04 bits per heavy atom. The summed E-state index contributed by atoms with van der Waals surface area (Å²) < 4.78 is 18.8. The molecule has 0 fully saturated rings. The number of carbonyl (C=O) groups excluding carboxylic acids is 1. The summed E-state index contributed by atoms with van der Waals surface area (Å²) in [7, 11) is 0. The summed E-state index contributed by atoms with van der Waals surface area (Å²) in [6.45, 7) is 0.397. The van der Waals surface area contributed by atoms with E-state index >= 15 is 0 Å². The highest BCUT2D eigenvalue weighted by molar-refractivity contribution is 6.06. The number of pyridine rings is 1. The molecular weight excluding hydrogens is 317 g/mol. The van der Waals surface area contributed by atoms with Crippen molar-refractivity contribution in [3.63, 3.8) is 0 Å². The van der Waals surface area contributed by atoms with Crippen molar-refractivity contribution < 1.29 is 13.9 Å². The summed E-state index contributed by atoms with van der Waals surface area (Å²) in [5, 5.41) is 0. The molecule has 1 heterocycles. The third-order valence-corrected chi connectivity index (χ3v) is 3.53. The molecule has 4 heteroatoms. The highest BCUT2D eigenvalue weighted by atomic mass is 19.1. The fraction of sp³-hybridized carbons (Fsp3) is 0.0476. The van der Waals surface area contributed by atoms with E-state index in [-0.39, 0.29) is 5.78 Å². The van der Waals surface area contributed by atoms with Crippen molar-refractivity contribution in [1.82, 2.24) is 4.98 Å². The van der Waals surface area contributed by atoms with Gasteiger partial charge in [0.15, 0.2) is 5.78 Å². The minimum atomic E-state index is -0.423. The quantitative estimate of drug-likeness (QED) is 0.485. The van der Waals surface area contributed by atoms with Crippen LogP contribution in [0.15, 0.2) is 79.0 Å². The monoisotopic (exact) mass is 333 g/mol. The number of ether oxygens (including phenoxy) is 1. The van der Waals surface area contributed by atoms with Gasteiger partial charge in [0.05, 0.1) is 5.69 Å². The Hall–Kier alpha value is -3.27. The number of nitrogens with zero attached hydrogens (tertiary/aromatic N) is 1. The van der Waals surface area contributed by atoms with E-state index in [2.05, 4.69) is 4.98 Å². The zero-order valence-corrected chi connectivity index (χ0v) is 13.4. The fourth-order valence-corrected chi connectivity index (χ4v) is 2.23. The normalized spacial score (nSPS) is 10.8. The first kappa shape index (κ1) is 16.6. The summed E-state index contributed by atoms with van der Waals surface area (Å²) in [6, 6.07) is 18.7. The van der Waals surface area contributed by atoms with E-state index in [4.69, 9.17) is 4.74 Å². The second-order valence-electron chi connectivity index (χ2n) is 5.39. The van der Waals surface area contributed by atoms with E-state index in [9.17, 15) is 9.18 Å². The largest absolute Gasteiger partial charge is 0.487 e. The van der Waals surface area contributed by atoms with Crippen LogP contribution >= 0.6 is 0 Å². The Labute approximate surface area is 145 Å². The van der Waals surface area contributed by atoms with Crippen molar-refractivity contribution in [1.29, 1.82) is 0 Å². The van der Waals surface area contributed by atoms with E-state index in [0.29, 0.717) is 12.2 Å². The van der Waals surface area contributed by atoms with E-state index in [1.165, 1.54) is 24.3 Å². The van der Waals surface area contributed by atoms with Crippen LogP contribution in [0.2, 0.25) is 0 Å². The van der Waals surface area contributed by atoms with Crippen LogP contribution in [-0.4, -0.2) is 10.8 Å². The molecule has 1 aromatic heterocycles. The van der Waals surface area contributed by atoms with Gasteiger partial charge in [-0.2, -0.15) is 0 Å². The van der Waals surface area contributed by atoms with Gasteiger partial charge in [-0.05, 0) is 48.0 Å². The van der Waals surface area contributed by atoms with Crippen molar-refractivity contribution in [2.75, 3.05) is 0 Å². The van der Waals surface area contributed by atoms with Crippen molar-refractivity contribution >= 4 is 11.9 Å². The maximum Gasteiger partial charge on any atom is 0.185 e. The Morgan fingerprint density at radius 2 is 1.88 bits per heavy atom. The lowest BCUT2D eigenvalue weighted by atomic mass is 10.1. The minimum Gasteiger partial charge on any atom is -0.487 e. The number of rotatable bonds is 6. The molecule has 0 atom stereocenters. The summed E-state index contributed by atoms with van der Waals surface area (Å²) in [4.78, 5) is 16.2. The molecule has 0 aliphatic rings. The first-order valence-electron chi connectivity index (χ1n) is 7.81.